The van der Waals surface area contributed by atoms with Crippen molar-refractivity contribution >= 4 is 17.6 Å². The fraction of sp³-hybridized carbons (Fsp3) is 0.579. The van der Waals surface area contributed by atoms with Crippen molar-refractivity contribution in [3.05, 3.63) is 29.3 Å². The number of anilines is 1. The van der Waals surface area contributed by atoms with Crippen LogP contribution in [0.4, 0.5) is 10.5 Å². The van der Waals surface area contributed by atoms with Gasteiger partial charge in [-0.25, -0.2) is 4.79 Å². The van der Waals surface area contributed by atoms with Crippen molar-refractivity contribution < 1.29 is 14.3 Å². The Kier molecular flexibility index (Phi) is 5.52. The van der Waals surface area contributed by atoms with Gasteiger partial charge in [0, 0.05) is 30.4 Å². The molecule has 5 heteroatoms. The van der Waals surface area contributed by atoms with Crippen LogP contribution >= 0.6 is 0 Å². The van der Waals surface area contributed by atoms with Gasteiger partial charge in [0.2, 0.25) is 0 Å². The topological polar surface area (TPSA) is 58.6 Å². The molecule has 2 rings (SSSR count). The highest BCUT2D eigenvalue weighted by atomic mass is 16.6. The normalized spacial score (nSPS) is 16.0. The molecule has 5 nitrogen and oxygen atoms in total. The lowest BCUT2D eigenvalue weighted by Crippen LogP contribution is -2.44. The maximum atomic E-state index is 12.1. The predicted octanol–water partition coefficient (Wildman–Crippen LogP) is 4.01. The zero-order valence-electron chi connectivity index (χ0n) is 15.3. The molecule has 1 amide bonds. The van der Waals surface area contributed by atoms with E-state index in [2.05, 4.69) is 5.32 Å². The van der Waals surface area contributed by atoms with E-state index in [9.17, 15) is 9.59 Å². The monoisotopic (exact) mass is 332 g/mol. The molecule has 1 aliphatic rings. The number of rotatable bonds is 3. The number of hydrogen-bond acceptors (Lipinski definition) is 4. The van der Waals surface area contributed by atoms with Gasteiger partial charge < -0.3 is 15.0 Å². The number of carbonyl (C=O) groups is 2. The van der Waals surface area contributed by atoms with Gasteiger partial charge in [0.05, 0.1) is 0 Å². The second-order valence-corrected chi connectivity index (χ2v) is 7.47. The van der Waals surface area contributed by atoms with Crippen molar-refractivity contribution in [2.24, 2.45) is 0 Å². The minimum atomic E-state index is -0.461. The zero-order chi connectivity index (χ0) is 17.9. The number of Topliss-reactive ketones (excluding diaryl/α,β-unsaturated/α-hetero) is 1. The molecule has 0 radical (unpaired) electrons. The Morgan fingerprint density at radius 2 is 1.83 bits per heavy atom. The molecule has 0 spiro atoms. The van der Waals surface area contributed by atoms with E-state index in [0.29, 0.717) is 19.1 Å². The molecule has 1 fully saturated rings. The van der Waals surface area contributed by atoms with E-state index in [1.807, 2.05) is 45.9 Å². The summed E-state index contributed by atoms with van der Waals surface area (Å²) in [7, 11) is 0. The Morgan fingerprint density at radius 1 is 1.21 bits per heavy atom. The molecule has 24 heavy (non-hydrogen) atoms. The van der Waals surface area contributed by atoms with Gasteiger partial charge in [-0.15, -0.1) is 0 Å². The third-order valence-corrected chi connectivity index (χ3v) is 4.13. The summed E-state index contributed by atoms with van der Waals surface area (Å²) in [6, 6.07) is 6.18. The lowest BCUT2D eigenvalue weighted by molar-refractivity contribution is 0.0210. The molecule has 0 atom stereocenters. The number of amides is 1. The number of benzene rings is 1. The van der Waals surface area contributed by atoms with Crippen LogP contribution in [0.5, 0.6) is 0 Å². The van der Waals surface area contributed by atoms with Crippen LogP contribution in [0.3, 0.4) is 0 Å². The molecule has 1 heterocycles. The number of ether oxygens (including phenoxy) is 1. The van der Waals surface area contributed by atoms with Crippen molar-refractivity contribution in [1.82, 2.24) is 4.90 Å². The summed E-state index contributed by atoms with van der Waals surface area (Å²) in [5, 5.41) is 3.48. The van der Waals surface area contributed by atoms with Gasteiger partial charge in [0.25, 0.3) is 0 Å². The Bertz CT molecular complexity index is 612. The third kappa shape index (κ3) is 4.98. The first-order valence-electron chi connectivity index (χ1n) is 8.52. The second kappa shape index (κ2) is 7.24. The minimum absolute atomic E-state index is 0.0795. The number of hydrogen-bond donors (Lipinski definition) is 1. The molecule has 1 N–H and O–H groups in total. The zero-order valence-corrected chi connectivity index (χ0v) is 15.3. The summed E-state index contributed by atoms with van der Waals surface area (Å²) < 4.78 is 5.42. The molecular weight excluding hydrogens is 304 g/mol. The lowest BCUT2D eigenvalue weighted by Gasteiger charge is -2.34. The molecule has 0 bridgehead atoms. The van der Waals surface area contributed by atoms with Crippen molar-refractivity contribution in [2.45, 2.75) is 59.1 Å². The van der Waals surface area contributed by atoms with Crippen molar-refractivity contribution in [3.63, 3.8) is 0 Å². The quantitative estimate of drug-likeness (QED) is 0.850. The molecule has 0 aliphatic carbocycles. The first-order valence-corrected chi connectivity index (χ1v) is 8.52. The van der Waals surface area contributed by atoms with E-state index in [4.69, 9.17) is 4.74 Å². The molecule has 1 aliphatic heterocycles. The molecular formula is C19H28N2O3. The van der Waals surface area contributed by atoms with Gasteiger partial charge in [-0.3, -0.25) is 4.79 Å². The summed E-state index contributed by atoms with van der Waals surface area (Å²) in [4.78, 5) is 25.5. The maximum absolute atomic E-state index is 12.1. The van der Waals surface area contributed by atoms with E-state index in [0.717, 1.165) is 29.7 Å². The second-order valence-electron chi connectivity index (χ2n) is 7.47. The van der Waals surface area contributed by atoms with Gasteiger partial charge >= 0.3 is 6.09 Å². The maximum Gasteiger partial charge on any atom is 0.410 e. The number of carbonyl (C=O) groups excluding carboxylic acids is 2. The molecule has 0 unspecified atom stereocenters. The number of nitrogens with zero attached hydrogens (tertiary/aromatic N) is 1. The average Bonchev–Trinajstić information content (AvgIpc) is 2.48. The average molecular weight is 332 g/mol. The first kappa shape index (κ1) is 18.3. The molecule has 0 aromatic heterocycles. The van der Waals surface area contributed by atoms with E-state index in [1.54, 1.807) is 11.8 Å². The van der Waals surface area contributed by atoms with E-state index < -0.39 is 5.60 Å². The van der Waals surface area contributed by atoms with Crippen LogP contribution in [0.25, 0.3) is 0 Å². The van der Waals surface area contributed by atoms with E-state index >= 15 is 0 Å². The Balaban J connectivity index is 1.90. The van der Waals surface area contributed by atoms with Crippen LogP contribution in [0, 0.1) is 6.92 Å². The van der Waals surface area contributed by atoms with Crippen LogP contribution in [0.2, 0.25) is 0 Å². The Labute approximate surface area is 144 Å². The van der Waals surface area contributed by atoms with Gasteiger partial charge in [-0.1, -0.05) is 6.07 Å². The summed E-state index contributed by atoms with van der Waals surface area (Å²) in [6.07, 6.45) is 1.49. The SMILES string of the molecule is CC(=O)c1cc(NC2CCN(C(=O)OC(C)(C)C)CC2)ccc1C. The molecule has 1 saturated heterocycles. The predicted molar refractivity (Wildman–Crippen MR) is 95.6 cm³/mol. The van der Waals surface area contributed by atoms with Crippen LogP contribution in [-0.4, -0.2) is 41.5 Å². The molecule has 1 aromatic carbocycles. The van der Waals surface area contributed by atoms with E-state index in [1.165, 1.54) is 0 Å². The summed E-state index contributed by atoms with van der Waals surface area (Å²) >= 11 is 0. The van der Waals surface area contributed by atoms with Gasteiger partial charge in [0.15, 0.2) is 5.78 Å². The van der Waals surface area contributed by atoms with Crippen molar-refractivity contribution in [1.29, 1.82) is 0 Å². The van der Waals surface area contributed by atoms with Crippen LogP contribution in [0.1, 0.15) is 56.5 Å². The van der Waals surface area contributed by atoms with Gasteiger partial charge in [0.1, 0.15) is 5.60 Å². The number of likely N-dealkylation sites (tertiary alicyclic amines) is 1. The summed E-state index contributed by atoms with van der Waals surface area (Å²) in [5.41, 5.74) is 2.25. The molecule has 1 aromatic rings. The number of ketones is 1. The fourth-order valence-corrected chi connectivity index (χ4v) is 2.86. The lowest BCUT2D eigenvalue weighted by atomic mass is 10.0. The number of piperidine rings is 1. The van der Waals surface area contributed by atoms with Gasteiger partial charge in [-0.2, -0.15) is 0 Å². The minimum Gasteiger partial charge on any atom is -0.444 e. The fourth-order valence-electron chi connectivity index (χ4n) is 2.86. The third-order valence-electron chi connectivity index (χ3n) is 4.13. The van der Waals surface area contributed by atoms with Gasteiger partial charge in [-0.05, 0) is 65.2 Å². The highest BCUT2D eigenvalue weighted by Crippen LogP contribution is 2.21. The van der Waals surface area contributed by atoms with Crippen LogP contribution < -0.4 is 5.32 Å². The Hall–Kier alpha value is -2.04. The molecule has 0 saturated carbocycles. The molecule has 132 valence electrons. The van der Waals surface area contributed by atoms with E-state index in [-0.39, 0.29) is 11.9 Å². The number of aryl methyl sites for hydroxylation is 1. The summed E-state index contributed by atoms with van der Waals surface area (Å²) in [6.45, 7) is 10.5. The number of nitrogens with one attached hydrogen (secondary N) is 1. The highest BCUT2D eigenvalue weighted by Gasteiger charge is 2.26. The Morgan fingerprint density at radius 3 is 2.38 bits per heavy atom. The first-order chi connectivity index (χ1) is 11.2. The summed E-state index contributed by atoms with van der Waals surface area (Å²) in [5.74, 6) is 0.0795. The van der Waals surface area contributed by atoms with Crippen molar-refractivity contribution in [2.75, 3.05) is 18.4 Å². The standard InChI is InChI=1S/C19H28N2O3/c1-13-6-7-16(12-17(13)14(2)22)20-15-8-10-21(11-9-15)18(23)24-19(3,4)5/h6-7,12,15,20H,8-11H2,1-5H3. The smallest absolute Gasteiger partial charge is 0.410 e. The van der Waals surface area contributed by atoms with Crippen molar-refractivity contribution in [3.8, 4) is 0 Å². The van der Waals surface area contributed by atoms with Crippen LogP contribution in [0.15, 0.2) is 18.2 Å². The van der Waals surface area contributed by atoms with Crippen LogP contribution in [-0.2, 0) is 4.74 Å². The largest absolute Gasteiger partial charge is 0.444 e. The highest BCUT2D eigenvalue weighted by molar-refractivity contribution is 5.96.